The summed E-state index contributed by atoms with van der Waals surface area (Å²) in [6, 6.07) is 4.84. The Morgan fingerprint density at radius 1 is 1.30 bits per heavy atom. The molecule has 2 aliphatic rings. The molecule has 0 unspecified atom stereocenters. The number of esters is 2. The van der Waals surface area contributed by atoms with Crippen LogP contribution < -0.4 is 20.9 Å². The van der Waals surface area contributed by atoms with Gasteiger partial charge in [0, 0.05) is 19.4 Å². The van der Waals surface area contributed by atoms with Gasteiger partial charge in [-0.3, -0.25) is 9.80 Å². The van der Waals surface area contributed by atoms with Crippen molar-refractivity contribution >= 4 is 25.0 Å². The first-order chi connectivity index (χ1) is 17.5. The quantitative estimate of drug-likeness (QED) is 0.167. The highest BCUT2D eigenvalue weighted by molar-refractivity contribution is 6.47. The monoisotopic (exact) mass is 519 g/mol. The molecule has 2 aliphatic heterocycles. The van der Waals surface area contributed by atoms with Crippen molar-refractivity contribution in [2.45, 2.75) is 38.7 Å². The van der Waals surface area contributed by atoms with Crippen LogP contribution in [-0.2, 0) is 30.2 Å². The Kier molecular flexibility index (Phi) is 9.37. The molecular formula is C23H34BN5O8. The molecule has 1 atom stereocenters. The Hall–Kier alpha value is -3.33. The lowest BCUT2D eigenvalue weighted by Gasteiger charge is -2.29. The number of rotatable bonds is 11. The molecule has 2 heterocycles. The largest absolute Gasteiger partial charge is 0.547 e. The molecule has 1 amide bonds. The molecule has 37 heavy (non-hydrogen) atoms. The van der Waals surface area contributed by atoms with Crippen LogP contribution in [0.2, 0.25) is 0 Å². The molecule has 0 saturated heterocycles. The maximum Gasteiger partial charge on any atom is 0.547 e. The second-order valence-corrected chi connectivity index (χ2v) is 9.36. The van der Waals surface area contributed by atoms with E-state index in [2.05, 4.69) is 16.3 Å². The Morgan fingerprint density at radius 3 is 2.76 bits per heavy atom. The summed E-state index contributed by atoms with van der Waals surface area (Å²) in [5, 5.41) is 14.9. The van der Waals surface area contributed by atoms with E-state index in [1.165, 1.54) is 6.07 Å². The number of carbonyl (C=O) groups is 3. The Morgan fingerprint density at radius 2 is 2.05 bits per heavy atom. The van der Waals surface area contributed by atoms with Gasteiger partial charge in [0.2, 0.25) is 12.7 Å². The molecule has 0 bridgehead atoms. The standard InChI is InChI=1S/C23H34BN5O8/c1-6-36-23(2,3)22(32)35-14-34-21(31)17-9-7-8-15-10-18(24(33)37-20(15)17)25-19(30)13-29-12-16(26-27-29)11-28(4)5/h7-9,12,18,26-27,33H,6,10-11,13-14H2,1-5H3,(H,25,30)/t18-/m0/s1. The highest BCUT2D eigenvalue weighted by atomic mass is 16.7. The summed E-state index contributed by atoms with van der Waals surface area (Å²) in [6.07, 6.45) is 2.02. The van der Waals surface area contributed by atoms with Crippen LogP contribution in [0.25, 0.3) is 0 Å². The molecule has 3 rings (SSSR count). The first kappa shape index (κ1) is 28.2. The van der Waals surface area contributed by atoms with Gasteiger partial charge in [-0.15, -0.1) is 5.53 Å². The zero-order valence-electron chi connectivity index (χ0n) is 21.7. The fourth-order valence-corrected chi connectivity index (χ4v) is 3.83. The molecule has 1 aromatic carbocycles. The molecule has 0 saturated carbocycles. The number of carbonyl (C=O) groups excluding carboxylic acids is 3. The second kappa shape index (κ2) is 12.3. The van der Waals surface area contributed by atoms with E-state index in [-0.39, 0.29) is 30.2 Å². The van der Waals surface area contributed by atoms with Crippen LogP contribution in [0, 0.1) is 0 Å². The van der Waals surface area contributed by atoms with Crippen LogP contribution in [0.5, 0.6) is 5.75 Å². The van der Waals surface area contributed by atoms with Gasteiger partial charge in [0.25, 0.3) is 0 Å². The number of hydrogen-bond acceptors (Lipinski definition) is 12. The highest BCUT2D eigenvalue weighted by Crippen LogP contribution is 2.30. The first-order valence-electron chi connectivity index (χ1n) is 11.9. The Bertz CT molecular complexity index is 1030. The second-order valence-electron chi connectivity index (χ2n) is 9.36. The van der Waals surface area contributed by atoms with Crippen LogP contribution in [0.1, 0.15) is 36.7 Å². The summed E-state index contributed by atoms with van der Waals surface area (Å²) >= 11 is 0. The van der Waals surface area contributed by atoms with E-state index in [1.807, 2.05) is 19.0 Å². The van der Waals surface area contributed by atoms with Crippen molar-refractivity contribution in [1.29, 1.82) is 0 Å². The van der Waals surface area contributed by atoms with Gasteiger partial charge in [0.05, 0.1) is 11.6 Å². The van der Waals surface area contributed by atoms with Crippen LogP contribution in [0.15, 0.2) is 30.1 Å². The molecule has 14 heteroatoms. The van der Waals surface area contributed by atoms with Crippen LogP contribution in [-0.4, -0.2) is 92.0 Å². The molecule has 4 N–H and O–H groups in total. The number of hydrogen-bond donors (Lipinski definition) is 4. The van der Waals surface area contributed by atoms with Gasteiger partial charge in [-0.25, -0.2) is 9.59 Å². The molecule has 0 radical (unpaired) electrons. The Balaban J connectivity index is 1.55. The molecule has 0 fully saturated rings. The van der Waals surface area contributed by atoms with Gasteiger partial charge in [-0.1, -0.05) is 12.1 Å². The zero-order chi connectivity index (χ0) is 27.2. The molecule has 202 valence electrons. The fraction of sp³-hybridized carbons (Fsp3) is 0.522. The average Bonchev–Trinajstić information content (AvgIpc) is 3.24. The smallest absolute Gasteiger partial charge is 0.534 e. The number of amides is 1. The molecule has 0 aliphatic carbocycles. The third-order valence-corrected chi connectivity index (χ3v) is 5.53. The van der Waals surface area contributed by atoms with E-state index in [9.17, 15) is 19.4 Å². The number of hydrazine groups is 2. The predicted molar refractivity (Wildman–Crippen MR) is 132 cm³/mol. The topological polar surface area (TPSA) is 151 Å². The van der Waals surface area contributed by atoms with Crippen molar-refractivity contribution in [3.63, 3.8) is 0 Å². The lowest BCUT2D eigenvalue weighted by atomic mass is 9.72. The molecule has 1 aromatic rings. The fourth-order valence-electron chi connectivity index (χ4n) is 3.83. The number of ether oxygens (including phenoxy) is 3. The maximum atomic E-state index is 12.6. The number of nitrogens with zero attached hydrogens (tertiary/aromatic N) is 2. The molecule has 13 nitrogen and oxygen atoms in total. The average molecular weight is 519 g/mol. The number of likely N-dealkylation sites (N-methyl/N-ethyl adjacent to an activating group) is 1. The number of nitrogens with one attached hydrogen (secondary N) is 3. The van der Waals surface area contributed by atoms with Gasteiger partial charge in [0.1, 0.15) is 17.9 Å². The lowest BCUT2D eigenvalue weighted by molar-refractivity contribution is -0.175. The van der Waals surface area contributed by atoms with E-state index in [0.29, 0.717) is 18.7 Å². The van der Waals surface area contributed by atoms with Gasteiger partial charge < -0.3 is 39.5 Å². The minimum Gasteiger partial charge on any atom is -0.534 e. The van der Waals surface area contributed by atoms with Crippen LogP contribution in [0.3, 0.4) is 0 Å². The molecule has 0 spiro atoms. The highest BCUT2D eigenvalue weighted by Gasteiger charge is 2.38. The summed E-state index contributed by atoms with van der Waals surface area (Å²) in [5.41, 5.74) is 6.26. The van der Waals surface area contributed by atoms with Gasteiger partial charge in [0.15, 0.2) is 5.60 Å². The molecular weight excluding hydrogens is 485 g/mol. The lowest BCUT2D eigenvalue weighted by Crippen LogP contribution is -2.55. The van der Waals surface area contributed by atoms with Crippen LogP contribution in [0.4, 0.5) is 0 Å². The third kappa shape index (κ3) is 7.58. The van der Waals surface area contributed by atoms with Crippen molar-refractivity contribution in [2.75, 3.05) is 40.6 Å². The SMILES string of the molecule is CCOC(C)(C)C(=O)OCOC(=O)c1cccc2c1OB(O)[C@@H](NC(=O)CN1C=C(CN(C)C)NN1)C2. The predicted octanol–water partition coefficient (Wildman–Crippen LogP) is -0.674. The minimum absolute atomic E-state index is 0.00515. The van der Waals surface area contributed by atoms with E-state index in [0.717, 1.165) is 5.70 Å². The number of para-hydroxylation sites is 1. The molecule has 0 aromatic heterocycles. The summed E-state index contributed by atoms with van der Waals surface area (Å²) in [5.74, 6) is -2.38. The third-order valence-electron chi connectivity index (χ3n) is 5.53. The normalized spacial score (nSPS) is 16.9. The number of fused-ring (bicyclic) bond motifs is 1. The van der Waals surface area contributed by atoms with E-state index >= 15 is 0 Å². The number of benzene rings is 1. The van der Waals surface area contributed by atoms with E-state index in [1.54, 1.807) is 44.1 Å². The van der Waals surface area contributed by atoms with Crippen molar-refractivity contribution in [1.82, 2.24) is 26.2 Å². The maximum absolute atomic E-state index is 12.6. The van der Waals surface area contributed by atoms with Gasteiger partial charge >= 0.3 is 19.1 Å². The van der Waals surface area contributed by atoms with Crippen molar-refractivity contribution in [3.05, 3.63) is 41.2 Å². The van der Waals surface area contributed by atoms with E-state index < -0.39 is 37.4 Å². The Labute approximate surface area is 216 Å². The summed E-state index contributed by atoms with van der Waals surface area (Å²) in [7, 11) is 2.48. The zero-order valence-corrected chi connectivity index (χ0v) is 21.7. The summed E-state index contributed by atoms with van der Waals surface area (Å²) < 4.78 is 21.0. The van der Waals surface area contributed by atoms with Crippen molar-refractivity contribution < 1.29 is 38.3 Å². The van der Waals surface area contributed by atoms with Gasteiger partial charge in [-0.05, 0) is 52.9 Å². The summed E-state index contributed by atoms with van der Waals surface area (Å²) in [4.78, 5) is 39.3. The van der Waals surface area contributed by atoms with Gasteiger partial charge in [-0.2, -0.15) is 0 Å². The van der Waals surface area contributed by atoms with E-state index in [4.69, 9.17) is 18.9 Å². The van der Waals surface area contributed by atoms with Crippen LogP contribution >= 0.6 is 0 Å². The minimum atomic E-state index is -1.39. The summed E-state index contributed by atoms with van der Waals surface area (Å²) in [6.45, 7) is 5.25. The first-order valence-corrected chi connectivity index (χ1v) is 11.9. The van der Waals surface area contributed by atoms with Crippen molar-refractivity contribution in [2.24, 2.45) is 0 Å². The van der Waals surface area contributed by atoms with Crippen molar-refractivity contribution in [3.8, 4) is 5.75 Å².